The van der Waals surface area contributed by atoms with E-state index in [0.29, 0.717) is 0 Å². The average Bonchev–Trinajstić information content (AvgIpc) is 2.34. The van der Waals surface area contributed by atoms with Gasteiger partial charge in [-0.05, 0) is 34.5 Å². The minimum atomic E-state index is -5.10. The van der Waals surface area contributed by atoms with E-state index in [1.165, 1.54) is 6.07 Å². The number of aliphatic hydroxyl groups is 1. The standard InChI is InChI=1S/C10H9NO8S2/c12-10(21(17,18)19)5-7-3-8(20(14,15)16)2-1-6(7)4-9(10)11-13/h1-4,12H,5H2,(H,14,15,16)(H,17,18,19). The second-order valence-corrected chi connectivity index (χ2v) is 7.44. The lowest BCUT2D eigenvalue weighted by Crippen LogP contribution is -2.43. The molecule has 1 aliphatic carbocycles. The zero-order valence-corrected chi connectivity index (χ0v) is 11.8. The molecule has 2 rings (SSSR count). The van der Waals surface area contributed by atoms with E-state index in [1.54, 1.807) is 0 Å². The monoisotopic (exact) mass is 335 g/mol. The molecule has 0 spiro atoms. The molecule has 1 aliphatic rings. The van der Waals surface area contributed by atoms with E-state index in [1.807, 2.05) is 0 Å². The van der Waals surface area contributed by atoms with Gasteiger partial charge < -0.3 is 5.11 Å². The molecule has 11 heteroatoms. The second kappa shape index (κ2) is 4.68. The lowest BCUT2D eigenvalue weighted by Gasteiger charge is -2.28. The van der Waals surface area contributed by atoms with Crippen molar-refractivity contribution in [1.29, 1.82) is 0 Å². The van der Waals surface area contributed by atoms with E-state index < -0.39 is 42.2 Å². The molecule has 21 heavy (non-hydrogen) atoms. The SMILES string of the molecule is O=NC1=Cc2ccc(S(=O)(=O)O)cc2CC1(O)S(=O)(=O)O. The molecule has 1 atom stereocenters. The maximum absolute atomic E-state index is 11.3. The highest BCUT2D eigenvalue weighted by molar-refractivity contribution is 7.87. The maximum atomic E-state index is 11.3. The molecule has 0 bridgehead atoms. The number of hydrogen-bond donors (Lipinski definition) is 3. The van der Waals surface area contributed by atoms with Crippen molar-refractivity contribution in [3.05, 3.63) is 39.9 Å². The van der Waals surface area contributed by atoms with Gasteiger partial charge in [-0.25, -0.2) is 0 Å². The molecular formula is C10H9NO8S2. The van der Waals surface area contributed by atoms with Gasteiger partial charge in [0.15, 0.2) is 0 Å². The highest BCUT2D eigenvalue weighted by Crippen LogP contribution is 2.36. The Bertz CT molecular complexity index is 855. The van der Waals surface area contributed by atoms with Crippen LogP contribution < -0.4 is 0 Å². The lowest BCUT2D eigenvalue weighted by atomic mass is 9.93. The van der Waals surface area contributed by atoms with E-state index in [-0.39, 0.29) is 11.1 Å². The summed E-state index contributed by atoms with van der Waals surface area (Å²) in [5, 5.41) is 12.4. The van der Waals surface area contributed by atoms with E-state index in [9.17, 15) is 26.8 Å². The van der Waals surface area contributed by atoms with Crippen molar-refractivity contribution in [2.45, 2.75) is 16.2 Å². The van der Waals surface area contributed by atoms with Gasteiger partial charge >= 0.3 is 10.1 Å². The van der Waals surface area contributed by atoms with Gasteiger partial charge in [0.2, 0.25) is 4.93 Å². The smallest absolute Gasteiger partial charge is 0.301 e. The summed E-state index contributed by atoms with van der Waals surface area (Å²) >= 11 is 0. The molecule has 0 heterocycles. The van der Waals surface area contributed by atoms with Gasteiger partial charge in [0.05, 0.1) is 4.90 Å². The molecular weight excluding hydrogens is 326 g/mol. The van der Waals surface area contributed by atoms with Gasteiger partial charge in [-0.1, -0.05) is 6.07 Å². The summed E-state index contributed by atoms with van der Waals surface area (Å²) in [7, 11) is -9.62. The summed E-state index contributed by atoms with van der Waals surface area (Å²) in [6.07, 6.45) is 0.121. The summed E-state index contributed by atoms with van der Waals surface area (Å²) in [4.78, 5) is 7.18. The van der Waals surface area contributed by atoms with Crippen molar-refractivity contribution in [3.63, 3.8) is 0 Å². The van der Waals surface area contributed by atoms with Crippen molar-refractivity contribution in [2.75, 3.05) is 0 Å². The van der Waals surface area contributed by atoms with Crippen LogP contribution >= 0.6 is 0 Å². The molecule has 1 aromatic rings. The van der Waals surface area contributed by atoms with Gasteiger partial charge in [-0.3, -0.25) is 9.11 Å². The quantitative estimate of drug-likeness (QED) is 0.521. The van der Waals surface area contributed by atoms with Gasteiger partial charge in [-0.2, -0.15) is 16.8 Å². The second-order valence-electron chi connectivity index (χ2n) is 4.39. The molecule has 9 nitrogen and oxygen atoms in total. The number of nitrogens with zero attached hydrogens (tertiary/aromatic N) is 1. The van der Waals surface area contributed by atoms with Crippen LogP contribution in [0.25, 0.3) is 6.08 Å². The number of fused-ring (bicyclic) bond motifs is 1. The third kappa shape index (κ3) is 2.61. The summed E-state index contributed by atoms with van der Waals surface area (Å²) in [6.45, 7) is 0. The van der Waals surface area contributed by atoms with Crippen molar-refractivity contribution < 1.29 is 31.0 Å². The van der Waals surface area contributed by atoms with Crippen LogP contribution in [0.3, 0.4) is 0 Å². The molecule has 0 aliphatic heterocycles. The first-order chi connectivity index (χ1) is 9.49. The van der Waals surface area contributed by atoms with E-state index in [4.69, 9.17) is 9.11 Å². The molecule has 0 fully saturated rings. The Morgan fingerprint density at radius 2 is 1.76 bits per heavy atom. The number of nitroso groups, excluding NO2 is 1. The van der Waals surface area contributed by atoms with Crippen LogP contribution in [0.15, 0.2) is 34.0 Å². The summed E-state index contributed by atoms with van der Waals surface area (Å²) in [5.41, 5.74) is -0.597. The van der Waals surface area contributed by atoms with Crippen LogP contribution in [0.1, 0.15) is 11.1 Å². The molecule has 0 saturated carbocycles. The zero-order chi connectivity index (χ0) is 16.1. The molecule has 0 radical (unpaired) electrons. The van der Waals surface area contributed by atoms with Crippen molar-refractivity contribution in [1.82, 2.24) is 0 Å². The first kappa shape index (κ1) is 15.7. The Balaban J connectivity index is 2.70. The fourth-order valence-corrected chi connectivity index (χ4v) is 3.20. The van der Waals surface area contributed by atoms with Crippen molar-refractivity contribution in [2.24, 2.45) is 5.18 Å². The van der Waals surface area contributed by atoms with Crippen LogP contribution in [-0.4, -0.2) is 36.0 Å². The van der Waals surface area contributed by atoms with E-state index >= 15 is 0 Å². The Labute approximate surface area is 119 Å². The third-order valence-electron chi connectivity index (χ3n) is 3.06. The van der Waals surface area contributed by atoms with E-state index in [0.717, 1.165) is 18.2 Å². The summed E-state index contributed by atoms with van der Waals surface area (Å²) in [6, 6.07) is 3.16. The molecule has 0 amide bonds. The highest BCUT2D eigenvalue weighted by Gasteiger charge is 2.48. The number of rotatable bonds is 3. The van der Waals surface area contributed by atoms with Crippen LogP contribution in [0.2, 0.25) is 0 Å². The Kier molecular flexibility index (Phi) is 3.50. The predicted molar refractivity (Wildman–Crippen MR) is 70.2 cm³/mol. The third-order valence-corrected chi connectivity index (χ3v) is 5.12. The fourth-order valence-electron chi connectivity index (χ4n) is 1.97. The minimum Gasteiger partial charge on any atom is -0.367 e. The van der Waals surface area contributed by atoms with Gasteiger partial charge in [-0.15, -0.1) is 4.91 Å². The molecule has 1 unspecified atom stereocenters. The van der Waals surface area contributed by atoms with Crippen molar-refractivity contribution in [3.8, 4) is 0 Å². The Morgan fingerprint density at radius 1 is 1.14 bits per heavy atom. The normalized spacial score (nSPS) is 22.3. The topological polar surface area (TPSA) is 158 Å². The molecule has 114 valence electrons. The molecule has 0 saturated heterocycles. The maximum Gasteiger partial charge on any atom is 0.301 e. The van der Waals surface area contributed by atoms with Gasteiger partial charge in [0.1, 0.15) is 5.70 Å². The lowest BCUT2D eigenvalue weighted by molar-refractivity contribution is 0.147. The van der Waals surface area contributed by atoms with Crippen LogP contribution in [-0.2, 0) is 26.7 Å². The predicted octanol–water partition coefficient (Wildman–Crippen LogP) is 0.173. The number of benzene rings is 1. The fraction of sp³-hybridized carbons (Fsp3) is 0.200. The Hall–Kier alpha value is -1.66. The van der Waals surface area contributed by atoms with Crippen molar-refractivity contribution >= 4 is 26.3 Å². The van der Waals surface area contributed by atoms with Gasteiger partial charge in [0.25, 0.3) is 10.1 Å². The highest BCUT2D eigenvalue weighted by atomic mass is 32.2. The van der Waals surface area contributed by atoms with Crippen LogP contribution in [0.4, 0.5) is 0 Å². The van der Waals surface area contributed by atoms with E-state index in [2.05, 4.69) is 5.18 Å². The summed E-state index contributed by atoms with van der Waals surface area (Å²) in [5.74, 6) is 0. The van der Waals surface area contributed by atoms with Crippen LogP contribution in [0.5, 0.6) is 0 Å². The largest absolute Gasteiger partial charge is 0.367 e. The minimum absolute atomic E-state index is 0.00218. The average molecular weight is 335 g/mol. The first-order valence-electron chi connectivity index (χ1n) is 5.34. The molecule has 0 aromatic heterocycles. The molecule has 3 N–H and O–H groups in total. The first-order valence-corrected chi connectivity index (χ1v) is 8.22. The summed E-state index contributed by atoms with van der Waals surface area (Å²) < 4.78 is 62.6. The number of hydrogen-bond acceptors (Lipinski definition) is 7. The van der Waals surface area contributed by atoms with Crippen LogP contribution in [0, 0.1) is 4.91 Å². The van der Waals surface area contributed by atoms with Gasteiger partial charge in [0, 0.05) is 6.42 Å². The molecule has 1 aromatic carbocycles. The zero-order valence-electron chi connectivity index (χ0n) is 10.2. The Morgan fingerprint density at radius 3 is 2.24 bits per heavy atom.